The summed E-state index contributed by atoms with van der Waals surface area (Å²) in [5.41, 5.74) is 1.26. The molecule has 1 atom stereocenters. The van der Waals surface area contributed by atoms with Gasteiger partial charge in [0.05, 0.1) is 12.1 Å². The molecule has 0 saturated heterocycles. The molecule has 3 N–H and O–H groups in total. The molecule has 8 nitrogen and oxygen atoms in total. The maximum atomic E-state index is 12.1. The fourth-order valence-electron chi connectivity index (χ4n) is 2.19. The number of aromatic nitrogens is 1. The molecule has 26 heavy (non-hydrogen) atoms. The van der Waals surface area contributed by atoms with E-state index >= 15 is 0 Å². The average Bonchev–Trinajstić information content (AvgIpc) is 3.02. The Morgan fingerprint density at radius 1 is 1.23 bits per heavy atom. The van der Waals surface area contributed by atoms with Crippen LogP contribution in [-0.2, 0) is 32.0 Å². The van der Waals surface area contributed by atoms with E-state index in [4.69, 9.17) is 4.74 Å². The molecular formula is C17H19N3O5S. The number of ether oxygens (including phenoxy) is 1. The number of anilines is 1. The second-order valence-electron chi connectivity index (χ2n) is 5.45. The van der Waals surface area contributed by atoms with Crippen LogP contribution in [-0.4, -0.2) is 47.6 Å². The van der Waals surface area contributed by atoms with Crippen LogP contribution in [0.5, 0.6) is 0 Å². The van der Waals surface area contributed by atoms with Gasteiger partial charge in [-0.2, -0.15) is 0 Å². The highest BCUT2D eigenvalue weighted by Crippen LogP contribution is 2.15. The maximum absolute atomic E-state index is 12.1. The number of carbonyl (C=O) groups is 3. The number of carbonyl (C=O) groups excluding carboxylic acids is 2. The lowest BCUT2D eigenvalue weighted by Gasteiger charge is -2.14. The zero-order valence-electron chi connectivity index (χ0n) is 14.1. The molecule has 2 amide bonds. The number of nitrogens with one attached hydrogen (secondary N) is 2. The molecule has 0 saturated carbocycles. The van der Waals surface area contributed by atoms with E-state index in [2.05, 4.69) is 15.6 Å². The lowest BCUT2D eigenvalue weighted by Crippen LogP contribution is -2.43. The molecule has 1 heterocycles. The van der Waals surface area contributed by atoms with Crippen molar-refractivity contribution in [2.24, 2.45) is 0 Å². The Labute approximate surface area is 154 Å². The van der Waals surface area contributed by atoms with Gasteiger partial charge in [-0.3, -0.25) is 14.9 Å². The Morgan fingerprint density at radius 2 is 1.96 bits per heavy atom. The summed E-state index contributed by atoms with van der Waals surface area (Å²) in [5.74, 6) is -1.90. The number of carboxylic acids is 1. The minimum absolute atomic E-state index is 0.0742. The molecule has 0 radical (unpaired) electrons. The van der Waals surface area contributed by atoms with Crippen LogP contribution in [0.25, 0.3) is 0 Å². The molecule has 0 aliphatic rings. The van der Waals surface area contributed by atoms with Crippen molar-refractivity contribution in [3.63, 3.8) is 0 Å². The third-order valence-corrected chi connectivity index (χ3v) is 4.14. The van der Waals surface area contributed by atoms with Gasteiger partial charge in [-0.25, -0.2) is 9.78 Å². The van der Waals surface area contributed by atoms with Gasteiger partial charge in [0.1, 0.15) is 12.6 Å². The van der Waals surface area contributed by atoms with Crippen LogP contribution in [0.15, 0.2) is 35.7 Å². The Hall–Kier alpha value is -2.78. The highest BCUT2D eigenvalue weighted by Gasteiger charge is 2.21. The molecule has 1 aromatic carbocycles. The quantitative estimate of drug-likeness (QED) is 0.602. The molecule has 1 aromatic heterocycles. The van der Waals surface area contributed by atoms with Gasteiger partial charge >= 0.3 is 5.97 Å². The van der Waals surface area contributed by atoms with E-state index in [1.807, 2.05) is 18.2 Å². The third kappa shape index (κ3) is 6.26. The Morgan fingerprint density at radius 3 is 2.62 bits per heavy atom. The maximum Gasteiger partial charge on any atom is 0.326 e. The van der Waals surface area contributed by atoms with Crippen molar-refractivity contribution >= 4 is 34.3 Å². The van der Waals surface area contributed by atoms with Crippen molar-refractivity contribution in [2.75, 3.05) is 19.0 Å². The summed E-state index contributed by atoms with van der Waals surface area (Å²) < 4.78 is 4.71. The summed E-state index contributed by atoms with van der Waals surface area (Å²) in [6.45, 7) is -0.0881. The number of thiazole rings is 1. The molecule has 0 aliphatic carbocycles. The van der Waals surface area contributed by atoms with Gasteiger partial charge in [0.15, 0.2) is 5.13 Å². The summed E-state index contributed by atoms with van der Waals surface area (Å²) in [5, 5.41) is 16.4. The van der Waals surface area contributed by atoms with Gasteiger partial charge in [0, 0.05) is 18.9 Å². The minimum atomic E-state index is -1.10. The smallest absolute Gasteiger partial charge is 0.326 e. The van der Waals surface area contributed by atoms with Crippen LogP contribution in [0.4, 0.5) is 5.13 Å². The molecule has 2 rings (SSSR count). The zero-order valence-corrected chi connectivity index (χ0v) is 14.9. The van der Waals surface area contributed by atoms with Gasteiger partial charge < -0.3 is 15.2 Å². The molecule has 2 aromatic rings. The summed E-state index contributed by atoms with van der Waals surface area (Å²) in [6, 6.07) is 8.04. The Kier molecular flexibility index (Phi) is 7.24. The van der Waals surface area contributed by atoms with Crippen LogP contribution in [0.1, 0.15) is 11.3 Å². The number of hydrogen-bond acceptors (Lipinski definition) is 6. The standard InChI is InChI=1S/C17H19N3O5S/c1-25-9-15(22)20-17-18-12(10-26-17)8-14(21)19-13(16(23)24)7-11-5-3-2-4-6-11/h2-6,10,13H,7-9H2,1H3,(H,19,21)(H,23,24)(H,18,20,22). The van der Waals surface area contributed by atoms with Crippen LogP contribution in [0.2, 0.25) is 0 Å². The predicted molar refractivity (Wildman–Crippen MR) is 96.0 cm³/mol. The number of hydrogen-bond donors (Lipinski definition) is 3. The number of carboxylic acid groups (broad SMARTS) is 1. The first kappa shape index (κ1) is 19.5. The second-order valence-corrected chi connectivity index (χ2v) is 6.31. The molecule has 9 heteroatoms. The second kappa shape index (κ2) is 9.64. The fourth-order valence-corrected chi connectivity index (χ4v) is 2.92. The molecule has 138 valence electrons. The molecular weight excluding hydrogens is 358 g/mol. The highest BCUT2D eigenvalue weighted by atomic mass is 32.1. The van der Waals surface area contributed by atoms with Crippen LogP contribution in [0.3, 0.4) is 0 Å². The number of nitrogens with zero attached hydrogens (tertiary/aromatic N) is 1. The monoisotopic (exact) mass is 377 g/mol. The Bertz CT molecular complexity index is 763. The Balaban J connectivity index is 1.91. The van der Waals surface area contributed by atoms with Gasteiger partial charge in [0.25, 0.3) is 5.91 Å². The van der Waals surface area contributed by atoms with Crippen molar-refractivity contribution in [1.29, 1.82) is 0 Å². The minimum Gasteiger partial charge on any atom is -0.480 e. The van der Waals surface area contributed by atoms with Crippen molar-refractivity contribution < 1.29 is 24.2 Å². The van der Waals surface area contributed by atoms with Crippen LogP contribution in [0, 0.1) is 0 Å². The summed E-state index contributed by atoms with van der Waals surface area (Å²) in [4.78, 5) is 39.1. The first-order chi connectivity index (χ1) is 12.5. The van der Waals surface area contributed by atoms with E-state index in [1.54, 1.807) is 17.5 Å². The largest absolute Gasteiger partial charge is 0.480 e. The molecule has 1 unspecified atom stereocenters. The number of methoxy groups -OCH3 is 1. The SMILES string of the molecule is COCC(=O)Nc1nc(CC(=O)NC(Cc2ccccc2)C(=O)O)cs1. The first-order valence-corrected chi connectivity index (χ1v) is 8.65. The summed E-state index contributed by atoms with van der Waals surface area (Å²) in [6.07, 6.45) is 0.118. The molecule has 0 spiro atoms. The van der Waals surface area contributed by atoms with Gasteiger partial charge in [-0.15, -0.1) is 11.3 Å². The highest BCUT2D eigenvalue weighted by molar-refractivity contribution is 7.13. The predicted octanol–water partition coefficient (Wildman–Crippen LogP) is 1.08. The van der Waals surface area contributed by atoms with E-state index in [-0.39, 0.29) is 25.4 Å². The lowest BCUT2D eigenvalue weighted by atomic mass is 10.1. The van der Waals surface area contributed by atoms with Gasteiger partial charge in [0.2, 0.25) is 5.91 Å². The topological polar surface area (TPSA) is 118 Å². The zero-order chi connectivity index (χ0) is 18.9. The summed E-state index contributed by atoms with van der Waals surface area (Å²) >= 11 is 1.18. The first-order valence-electron chi connectivity index (χ1n) is 7.77. The van der Waals surface area contributed by atoms with E-state index in [1.165, 1.54) is 18.4 Å². The van der Waals surface area contributed by atoms with Crippen molar-refractivity contribution in [2.45, 2.75) is 18.9 Å². The van der Waals surface area contributed by atoms with E-state index in [9.17, 15) is 19.5 Å². The van der Waals surface area contributed by atoms with Crippen molar-refractivity contribution in [3.8, 4) is 0 Å². The molecule has 0 bridgehead atoms. The normalized spacial score (nSPS) is 11.6. The van der Waals surface area contributed by atoms with E-state index in [0.29, 0.717) is 10.8 Å². The van der Waals surface area contributed by atoms with E-state index < -0.39 is 17.9 Å². The van der Waals surface area contributed by atoms with Crippen molar-refractivity contribution in [3.05, 3.63) is 47.0 Å². The molecule has 0 fully saturated rings. The number of aliphatic carboxylic acids is 1. The third-order valence-electron chi connectivity index (χ3n) is 3.33. The lowest BCUT2D eigenvalue weighted by molar-refractivity contribution is -0.141. The molecule has 0 aliphatic heterocycles. The number of rotatable bonds is 9. The average molecular weight is 377 g/mol. The van der Waals surface area contributed by atoms with E-state index in [0.717, 1.165) is 5.56 Å². The number of amides is 2. The van der Waals surface area contributed by atoms with Crippen molar-refractivity contribution in [1.82, 2.24) is 10.3 Å². The fraction of sp³-hybridized carbons (Fsp3) is 0.294. The summed E-state index contributed by atoms with van der Waals surface area (Å²) in [7, 11) is 1.41. The van der Waals surface area contributed by atoms with Gasteiger partial charge in [-0.05, 0) is 5.56 Å². The van der Waals surface area contributed by atoms with Gasteiger partial charge in [-0.1, -0.05) is 30.3 Å². The number of benzene rings is 1. The van der Waals surface area contributed by atoms with Crippen LogP contribution < -0.4 is 10.6 Å². The van der Waals surface area contributed by atoms with Crippen LogP contribution >= 0.6 is 11.3 Å².